The molecule has 0 radical (unpaired) electrons. The fraction of sp³-hybridized carbons (Fsp3) is 0.273. The molecule has 0 fully saturated rings. The second-order valence-corrected chi connectivity index (χ2v) is 3.25. The number of nitrogens with zero attached hydrogens (tertiary/aromatic N) is 1. The van der Waals surface area contributed by atoms with Crippen LogP contribution in [0.15, 0.2) is 12.1 Å². The van der Waals surface area contributed by atoms with Crippen LogP contribution >= 0.6 is 0 Å². The second-order valence-electron chi connectivity index (χ2n) is 3.25. The summed E-state index contributed by atoms with van der Waals surface area (Å²) in [6.45, 7) is 3.24. The number of halogens is 1. The van der Waals surface area contributed by atoms with Crippen LogP contribution in [0.25, 0.3) is 0 Å². The minimum atomic E-state index is -0.427. The number of rotatable bonds is 2. The van der Waals surface area contributed by atoms with E-state index in [1.165, 1.54) is 0 Å². The van der Waals surface area contributed by atoms with Crippen molar-refractivity contribution in [2.24, 2.45) is 0 Å². The number of hydrogen-bond donors (Lipinski definition) is 1. The lowest BCUT2D eigenvalue weighted by Crippen LogP contribution is -2.11. The van der Waals surface area contributed by atoms with E-state index in [9.17, 15) is 9.18 Å². The van der Waals surface area contributed by atoms with Crippen molar-refractivity contribution in [3.63, 3.8) is 0 Å². The summed E-state index contributed by atoms with van der Waals surface area (Å²) in [6, 6.07) is 4.94. The molecule has 1 rings (SSSR count). The molecule has 1 aromatic rings. The topological polar surface area (TPSA) is 52.9 Å². The summed E-state index contributed by atoms with van der Waals surface area (Å²) in [5, 5.41) is 10.8. The first-order valence-corrected chi connectivity index (χ1v) is 4.48. The van der Waals surface area contributed by atoms with Crippen LogP contribution in [0.1, 0.15) is 17.5 Å². The van der Waals surface area contributed by atoms with E-state index in [0.717, 1.165) is 0 Å². The first-order valence-electron chi connectivity index (χ1n) is 4.48. The molecule has 0 saturated carbocycles. The predicted octanol–water partition coefficient (Wildman–Crippen LogP) is 2.29. The van der Waals surface area contributed by atoms with Gasteiger partial charge in [-0.1, -0.05) is 6.07 Å². The van der Waals surface area contributed by atoms with Crippen LogP contribution in [0.2, 0.25) is 0 Å². The Morgan fingerprint density at radius 1 is 1.53 bits per heavy atom. The van der Waals surface area contributed by atoms with Crippen LogP contribution in [-0.2, 0) is 4.79 Å². The molecule has 0 unspecified atom stereocenters. The molecule has 78 valence electrons. The fourth-order valence-corrected chi connectivity index (χ4v) is 1.22. The maximum absolute atomic E-state index is 13.4. The summed E-state index contributed by atoms with van der Waals surface area (Å²) in [5.41, 5.74) is 1.34. The summed E-state index contributed by atoms with van der Waals surface area (Å²) in [7, 11) is 0. The minimum absolute atomic E-state index is 0.227. The maximum Gasteiger partial charge on any atom is 0.238 e. The van der Waals surface area contributed by atoms with Crippen molar-refractivity contribution in [2.75, 3.05) is 5.32 Å². The molecule has 0 bridgehead atoms. The number of carbonyl (C=O) groups excluding carboxylic acids is 1. The van der Waals surface area contributed by atoms with Crippen LogP contribution < -0.4 is 5.32 Å². The SMILES string of the molecule is Cc1ccc(NC(=O)CC#N)c(C)c1F. The van der Waals surface area contributed by atoms with Crippen LogP contribution in [0, 0.1) is 31.0 Å². The highest BCUT2D eigenvalue weighted by Gasteiger charge is 2.09. The van der Waals surface area contributed by atoms with Gasteiger partial charge in [-0.15, -0.1) is 0 Å². The zero-order valence-corrected chi connectivity index (χ0v) is 8.60. The van der Waals surface area contributed by atoms with E-state index in [-0.39, 0.29) is 12.2 Å². The Hall–Kier alpha value is -1.89. The third kappa shape index (κ3) is 2.53. The van der Waals surface area contributed by atoms with E-state index in [2.05, 4.69) is 5.32 Å². The van der Waals surface area contributed by atoms with E-state index >= 15 is 0 Å². The lowest BCUT2D eigenvalue weighted by molar-refractivity contribution is -0.115. The zero-order chi connectivity index (χ0) is 11.4. The molecule has 1 aromatic carbocycles. The van der Waals surface area contributed by atoms with Crippen LogP contribution in [0.4, 0.5) is 10.1 Å². The molecule has 1 amide bonds. The molecular formula is C11H11FN2O. The quantitative estimate of drug-likeness (QED) is 0.807. The Labute approximate surface area is 87.5 Å². The van der Waals surface area contributed by atoms with Crippen molar-refractivity contribution < 1.29 is 9.18 Å². The van der Waals surface area contributed by atoms with Gasteiger partial charge < -0.3 is 5.32 Å². The van der Waals surface area contributed by atoms with Crippen molar-refractivity contribution in [2.45, 2.75) is 20.3 Å². The van der Waals surface area contributed by atoms with E-state index in [4.69, 9.17) is 5.26 Å². The number of benzene rings is 1. The van der Waals surface area contributed by atoms with E-state index in [1.54, 1.807) is 32.0 Å². The lowest BCUT2D eigenvalue weighted by Gasteiger charge is -2.09. The molecule has 1 N–H and O–H groups in total. The molecule has 0 atom stereocenters. The molecule has 0 heterocycles. The third-order valence-corrected chi connectivity index (χ3v) is 2.09. The van der Waals surface area contributed by atoms with Crippen molar-refractivity contribution in [3.05, 3.63) is 29.1 Å². The number of anilines is 1. The zero-order valence-electron chi connectivity index (χ0n) is 8.60. The second kappa shape index (κ2) is 4.56. The van der Waals surface area contributed by atoms with Gasteiger partial charge in [-0.25, -0.2) is 4.39 Å². The number of hydrogen-bond acceptors (Lipinski definition) is 2. The van der Waals surface area contributed by atoms with Crippen molar-refractivity contribution in [3.8, 4) is 6.07 Å². The molecule has 0 aliphatic heterocycles. The number of nitriles is 1. The number of carbonyl (C=O) groups is 1. The van der Waals surface area contributed by atoms with Crippen LogP contribution in [0.5, 0.6) is 0 Å². The number of amides is 1. The Morgan fingerprint density at radius 2 is 2.20 bits per heavy atom. The lowest BCUT2D eigenvalue weighted by atomic mass is 10.1. The molecule has 15 heavy (non-hydrogen) atoms. The standard InChI is InChI=1S/C11H11FN2O/c1-7-3-4-9(8(2)11(7)12)14-10(15)5-6-13/h3-4H,5H2,1-2H3,(H,14,15). The molecule has 3 nitrogen and oxygen atoms in total. The van der Waals surface area contributed by atoms with Gasteiger partial charge in [0.2, 0.25) is 5.91 Å². The van der Waals surface area contributed by atoms with Gasteiger partial charge in [0.05, 0.1) is 6.07 Å². The molecule has 0 aromatic heterocycles. The van der Waals surface area contributed by atoms with Gasteiger partial charge in [-0.05, 0) is 25.5 Å². The summed E-state index contributed by atoms with van der Waals surface area (Å²) in [6.07, 6.45) is -0.227. The Balaban J connectivity index is 2.93. The molecule has 0 spiro atoms. The predicted molar refractivity (Wildman–Crippen MR) is 54.7 cm³/mol. The minimum Gasteiger partial charge on any atom is -0.325 e. The van der Waals surface area contributed by atoms with Crippen LogP contribution in [0.3, 0.4) is 0 Å². The largest absolute Gasteiger partial charge is 0.325 e. The van der Waals surface area contributed by atoms with E-state index in [1.807, 2.05) is 0 Å². The first-order chi connectivity index (χ1) is 7.06. The third-order valence-electron chi connectivity index (χ3n) is 2.09. The molecule has 4 heteroatoms. The molecular weight excluding hydrogens is 195 g/mol. The molecule has 0 aliphatic rings. The van der Waals surface area contributed by atoms with E-state index in [0.29, 0.717) is 16.8 Å². The van der Waals surface area contributed by atoms with Gasteiger partial charge in [-0.2, -0.15) is 5.26 Å². The number of aryl methyl sites for hydroxylation is 1. The van der Waals surface area contributed by atoms with Crippen molar-refractivity contribution in [1.82, 2.24) is 0 Å². The average molecular weight is 206 g/mol. The monoisotopic (exact) mass is 206 g/mol. The Kier molecular flexibility index (Phi) is 3.40. The summed E-state index contributed by atoms with van der Waals surface area (Å²) < 4.78 is 13.4. The number of nitrogens with one attached hydrogen (secondary N) is 1. The highest BCUT2D eigenvalue weighted by molar-refractivity contribution is 5.92. The molecule has 0 saturated heterocycles. The van der Waals surface area contributed by atoms with Gasteiger partial charge in [0.25, 0.3) is 0 Å². The highest BCUT2D eigenvalue weighted by atomic mass is 19.1. The summed E-state index contributed by atoms with van der Waals surface area (Å²) >= 11 is 0. The smallest absolute Gasteiger partial charge is 0.238 e. The fourth-order valence-electron chi connectivity index (χ4n) is 1.22. The van der Waals surface area contributed by atoms with Crippen LogP contribution in [-0.4, -0.2) is 5.91 Å². The average Bonchev–Trinajstić information content (AvgIpc) is 2.20. The summed E-state index contributed by atoms with van der Waals surface area (Å²) in [5.74, 6) is -0.756. The Bertz CT molecular complexity index is 435. The van der Waals surface area contributed by atoms with Gasteiger partial charge in [0.15, 0.2) is 0 Å². The van der Waals surface area contributed by atoms with E-state index < -0.39 is 5.91 Å². The normalized spacial score (nSPS) is 9.47. The van der Waals surface area contributed by atoms with Gasteiger partial charge >= 0.3 is 0 Å². The van der Waals surface area contributed by atoms with Gasteiger partial charge in [0.1, 0.15) is 12.2 Å². The van der Waals surface area contributed by atoms with Gasteiger partial charge in [0, 0.05) is 11.3 Å². The van der Waals surface area contributed by atoms with Gasteiger partial charge in [-0.3, -0.25) is 4.79 Å². The first kappa shape index (κ1) is 11.2. The van der Waals surface area contributed by atoms with Crippen molar-refractivity contribution >= 4 is 11.6 Å². The van der Waals surface area contributed by atoms with Crippen molar-refractivity contribution in [1.29, 1.82) is 5.26 Å². The molecule has 0 aliphatic carbocycles. The highest BCUT2D eigenvalue weighted by Crippen LogP contribution is 2.20. The Morgan fingerprint density at radius 3 is 2.80 bits per heavy atom. The summed E-state index contributed by atoms with van der Waals surface area (Å²) in [4.78, 5) is 11.1. The maximum atomic E-state index is 13.4.